The van der Waals surface area contributed by atoms with Crippen molar-refractivity contribution >= 4 is 11.8 Å². The number of aliphatic hydroxyl groups is 1. The first-order chi connectivity index (χ1) is 5.81. The molecule has 66 valence electrons. The van der Waals surface area contributed by atoms with E-state index in [9.17, 15) is 0 Å². The molecule has 0 aromatic rings. The van der Waals surface area contributed by atoms with Gasteiger partial charge in [-0.1, -0.05) is 6.08 Å². The minimum atomic E-state index is 0.122. The van der Waals surface area contributed by atoms with Crippen LogP contribution in [0, 0.1) is 5.39 Å². The number of thioether (sulfide) groups is 1. The summed E-state index contributed by atoms with van der Waals surface area (Å²) in [6.45, 7) is 3.59. The highest BCUT2D eigenvalue weighted by molar-refractivity contribution is 7.99. The van der Waals surface area contributed by atoms with Gasteiger partial charge >= 0.3 is 6.20 Å². The van der Waals surface area contributed by atoms with Crippen LogP contribution in [0.5, 0.6) is 0 Å². The molecule has 0 bridgehead atoms. The molecule has 0 aliphatic rings. The molecule has 0 saturated heterocycles. The summed E-state index contributed by atoms with van der Waals surface area (Å²) in [5, 5.41) is 17.0. The summed E-state index contributed by atoms with van der Waals surface area (Å²) < 4.78 is 0. The fourth-order valence-electron chi connectivity index (χ4n) is 0.653. The lowest BCUT2D eigenvalue weighted by molar-refractivity contribution is 0.387. The predicted octanol–water partition coefficient (Wildman–Crippen LogP) is 2.94. The Morgan fingerprint density at radius 3 is 3.00 bits per heavy atom. The lowest BCUT2D eigenvalue weighted by Gasteiger charge is -1.95. The first kappa shape index (κ1) is 11.1. The van der Waals surface area contributed by atoms with Gasteiger partial charge in [-0.25, -0.2) is 0 Å². The summed E-state index contributed by atoms with van der Waals surface area (Å²) in [5.41, 5.74) is 0. The highest BCUT2D eigenvalue weighted by atomic mass is 32.2. The van der Waals surface area contributed by atoms with Crippen LogP contribution in [0.4, 0.5) is 0 Å². The molecule has 0 heterocycles. The van der Waals surface area contributed by atoms with Crippen molar-refractivity contribution in [3.05, 3.63) is 29.6 Å². The van der Waals surface area contributed by atoms with E-state index in [2.05, 4.69) is 11.6 Å². The molecule has 0 fully saturated rings. The van der Waals surface area contributed by atoms with Crippen LogP contribution in [0.2, 0.25) is 0 Å². The fourth-order valence-corrected chi connectivity index (χ4v) is 1.34. The third-order valence-electron chi connectivity index (χ3n) is 1.16. The van der Waals surface area contributed by atoms with Gasteiger partial charge in [-0.05, 0) is 12.2 Å². The topological polar surface area (TPSA) is 48.4 Å². The van der Waals surface area contributed by atoms with Gasteiger partial charge in [0.2, 0.25) is 5.39 Å². The van der Waals surface area contributed by atoms with Gasteiger partial charge in [-0.3, -0.25) is 0 Å². The SMILES string of the molecule is C=CCSCCC/C(O)=C/[N+]#N. The van der Waals surface area contributed by atoms with Crippen LogP contribution in [-0.4, -0.2) is 16.6 Å². The van der Waals surface area contributed by atoms with Crippen molar-refractivity contribution in [2.75, 3.05) is 11.5 Å². The first-order valence-corrected chi connectivity index (χ1v) is 4.87. The molecule has 3 nitrogen and oxygen atoms in total. The number of hydrogen-bond acceptors (Lipinski definition) is 3. The molecule has 0 rings (SSSR count). The van der Waals surface area contributed by atoms with Gasteiger partial charge < -0.3 is 5.11 Å². The second kappa shape index (κ2) is 8.15. The predicted molar refractivity (Wildman–Crippen MR) is 52.6 cm³/mol. The lowest BCUT2D eigenvalue weighted by Crippen LogP contribution is -1.84. The number of nitrogens with zero attached hydrogens (tertiary/aromatic N) is 2. The molecule has 0 aromatic heterocycles. The Kier molecular flexibility index (Phi) is 7.50. The monoisotopic (exact) mass is 185 g/mol. The third kappa shape index (κ3) is 7.16. The van der Waals surface area contributed by atoms with Crippen molar-refractivity contribution in [3.63, 3.8) is 0 Å². The zero-order valence-electron chi connectivity index (χ0n) is 6.94. The van der Waals surface area contributed by atoms with Crippen molar-refractivity contribution in [2.24, 2.45) is 0 Å². The second-order valence-electron chi connectivity index (χ2n) is 2.20. The third-order valence-corrected chi connectivity index (χ3v) is 2.21. The molecule has 4 heteroatoms. The molecule has 1 N–H and O–H groups in total. The van der Waals surface area contributed by atoms with Gasteiger partial charge in [0.15, 0.2) is 10.7 Å². The molecule has 0 aliphatic heterocycles. The van der Waals surface area contributed by atoms with Crippen LogP contribution >= 0.6 is 11.8 Å². The number of rotatable bonds is 6. The zero-order valence-corrected chi connectivity index (χ0v) is 7.76. The molecular weight excluding hydrogens is 172 g/mol. The summed E-state index contributed by atoms with van der Waals surface area (Å²) in [5.74, 6) is 2.04. The Morgan fingerprint density at radius 2 is 2.42 bits per heavy atom. The van der Waals surface area contributed by atoms with Crippen molar-refractivity contribution in [2.45, 2.75) is 12.8 Å². The van der Waals surface area contributed by atoms with E-state index in [1.807, 2.05) is 6.08 Å². The van der Waals surface area contributed by atoms with E-state index >= 15 is 0 Å². The number of allylic oxidation sites excluding steroid dienone is 1. The molecule has 0 amide bonds. The van der Waals surface area contributed by atoms with Crippen molar-refractivity contribution < 1.29 is 5.11 Å². The van der Waals surface area contributed by atoms with E-state index in [0.717, 1.165) is 24.1 Å². The Hall–Kier alpha value is -0.950. The summed E-state index contributed by atoms with van der Waals surface area (Å²) in [4.78, 5) is 2.72. The smallest absolute Gasteiger partial charge is 0.387 e. The lowest BCUT2D eigenvalue weighted by atomic mass is 10.3. The summed E-state index contributed by atoms with van der Waals surface area (Å²) in [7, 11) is 0. The van der Waals surface area contributed by atoms with Gasteiger partial charge in [0, 0.05) is 12.2 Å². The minimum Gasteiger partial charge on any atom is -0.505 e. The molecule has 12 heavy (non-hydrogen) atoms. The van der Waals surface area contributed by atoms with E-state index in [0.29, 0.717) is 6.42 Å². The summed E-state index contributed by atoms with van der Waals surface area (Å²) >= 11 is 1.76. The van der Waals surface area contributed by atoms with Crippen LogP contribution in [0.3, 0.4) is 0 Å². The molecule has 0 unspecified atom stereocenters. The maximum absolute atomic E-state index is 8.98. The van der Waals surface area contributed by atoms with Gasteiger partial charge in [0.1, 0.15) is 0 Å². The number of hydrogen-bond donors (Lipinski definition) is 1. The normalized spacial score (nSPS) is 10.8. The molecule has 0 radical (unpaired) electrons. The van der Waals surface area contributed by atoms with Crippen LogP contribution < -0.4 is 0 Å². The van der Waals surface area contributed by atoms with Gasteiger partial charge in [0.25, 0.3) is 0 Å². The van der Waals surface area contributed by atoms with Crippen LogP contribution in [0.25, 0.3) is 4.98 Å². The molecule has 0 aliphatic carbocycles. The molecule has 0 atom stereocenters. The van der Waals surface area contributed by atoms with Crippen LogP contribution in [0.1, 0.15) is 12.8 Å². The van der Waals surface area contributed by atoms with E-state index in [-0.39, 0.29) is 5.76 Å². The standard InChI is InChI=1S/C8H12N2OS/c1-2-5-12-6-3-4-8(11)7-10-9/h2,7H,1,3-6H2/p+1/b8-7-. The van der Waals surface area contributed by atoms with Gasteiger partial charge in [0.05, 0.1) is 0 Å². The number of diazo groups is 1. The zero-order chi connectivity index (χ0) is 9.23. The maximum Gasteiger partial charge on any atom is 0.387 e. The Labute approximate surface area is 76.8 Å². The maximum atomic E-state index is 8.98. The van der Waals surface area contributed by atoms with Gasteiger partial charge in [-0.15, -0.1) is 6.58 Å². The Balaban J connectivity index is 3.26. The summed E-state index contributed by atoms with van der Waals surface area (Å²) in [6.07, 6.45) is 4.35. The van der Waals surface area contributed by atoms with Crippen LogP contribution in [-0.2, 0) is 0 Å². The van der Waals surface area contributed by atoms with Crippen LogP contribution in [0.15, 0.2) is 24.6 Å². The minimum absolute atomic E-state index is 0.122. The molecule has 0 aromatic carbocycles. The Morgan fingerprint density at radius 1 is 1.67 bits per heavy atom. The molecule has 0 spiro atoms. The highest BCUT2D eigenvalue weighted by Crippen LogP contribution is 2.08. The van der Waals surface area contributed by atoms with E-state index in [1.54, 1.807) is 11.8 Å². The van der Waals surface area contributed by atoms with Crippen molar-refractivity contribution in [3.8, 4) is 0 Å². The Bertz CT molecular complexity index is 196. The van der Waals surface area contributed by atoms with Crippen molar-refractivity contribution in [1.29, 1.82) is 5.39 Å². The number of aliphatic hydroxyl groups excluding tert-OH is 1. The molecular formula is C8H13N2OS+. The van der Waals surface area contributed by atoms with E-state index < -0.39 is 0 Å². The van der Waals surface area contributed by atoms with E-state index in [4.69, 9.17) is 10.5 Å². The fraction of sp³-hybridized carbons (Fsp3) is 0.500. The van der Waals surface area contributed by atoms with E-state index in [1.165, 1.54) is 0 Å². The summed E-state index contributed by atoms with van der Waals surface area (Å²) in [6, 6.07) is 0. The average molecular weight is 185 g/mol. The largest absolute Gasteiger partial charge is 0.505 e. The first-order valence-electron chi connectivity index (χ1n) is 3.72. The second-order valence-corrected chi connectivity index (χ2v) is 3.35. The van der Waals surface area contributed by atoms with Crippen molar-refractivity contribution in [1.82, 2.24) is 0 Å². The quantitative estimate of drug-likeness (QED) is 0.299. The molecule has 0 saturated carbocycles. The average Bonchev–Trinajstić information content (AvgIpc) is 2.05. The van der Waals surface area contributed by atoms with Gasteiger partial charge in [-0.2, -0.15) is 11.8 Å². The highest BCUT2D eigenvalue weighted by Gasteiger charge is 1.98.